The molecule has 0 bridgehead atoms. The van der Waals surface area contributed by atoms with Crippen molar-refractivity contribution in [3.8, 4) is 0 Å². The van der Waals surface area contributed by atoms with Gasteiger partial charge < -0.3 is 5.32 Å². The monoisotopic (exact) mass is 252 g/mol. The van der Waals surface area contributed by atoms with Gasteiger partial charge in [-0.2, -0.15) is 0 Å². The van der Waals surface area contributed by atoms with E-state index >= 15 is 0 Å². The Hall–Kier alpha value is -1.45. The first-order valence-electron chi connectivity index (χ1n) is 6.46. The number of aliphatic imine (C=N–C) groups is 1. The second-order valence-electron chi connectivity index (χ2n) is 4.59. The minimum atomic E-state index is -0.517. The lowest BCUT2D eigenvalue weighted by Crippen LogP contribution is -2.25. The lowest BCUT2D eigenvalue weighted by atomic mass is 10.1. The van der Waals surface area contributed by atoms with Gasteiger partial charge in [-0.3, -0.25) is 4.99 Å². The van der Waals surface area contributed by atoms with Gasteiger partial charge in [-0.05, 0) is 37.0 Å². The molecule has 98 valence electrons. The fraction of sp³-hybridized carbons (Fsp3) is 0.500. The molecule has 1 aliphatic heterocycles. The van der Waals surface area contributed by atoms with E-state index < -0.39 is 11.6 Å². The molecular formula is C14H18F2N2. The summed E-state index contributed by atoms with van der Waals surface area (Å²) in [5, 5.41) is 3.25. The fourth-order valence-corrected chi connectivity index (χ4v) is 2.12. The van der Waals surface area contributed by atoms with Gasteiger partial charge >= 0.3 is 0 Å². The van der Waals surface area contributed by atoms with E-state index in [1.165, 1.54) is 25.0 Å². The van der Waals surface area contributed by atoms with Crippen molar-refractivity contribution in [3.63, 3.8) is 0 Å². The maximum Gasteiger partial charge on any atom is 0.126 e. The first-order valence-corrected chi connectivity index (χ1v) is 6.46. The molecule has 0 unspecified atom stereocenters. The van der Waals surface area contributed by atoms with Gasteiger partial charge in [-0.1, -0.05) is 6.42 Å². The van der Waals surface area contributed by atoms with Crippen molar-refractivity contribution in [1.82, 2.24) is 5.32 Å². The summed E-state index contributed by atoms with van der Waals surface area (Å²) >= 11 is 0. The molecule has 4 heteroatoms. The van der Waals surface area contributed by atoms with Crippen molar-refractivity contribution < 1.29 is 8.78 Å². The van der Waals surface area contributed by atoms with Crippen molar-refractivity contribution in [2.45, 2.75) is 32.1 Å². The van der Waals surface area contributed by atoms with Crippen LogP contribution in [0.15, 0.2) is 23.2 Å². The molecule has 1 aromatic rings. The smallest absolute Gasteiger partial charge is 0.126 e. The van der Waals surface area contributed by atoms with E-state index in [9.17, 15) is 8.78 Å². The molecular weight excluding hydrogens is 234 g/mol. The predicted octanol–water partition coefficient (Wildman–Crippen LogP) is 3.07. The van der Waals surface area contributed by atoms with Crippen LogP contribution in [-0.2, 0) is 6.42 Å². The zero-order valence-corrected chi connectivity index (χ0v) is 10.4. The minimum absolute atomic E-state index is 0.517. The Morgan fingerprint density at radius 3 is 2.61 bits per heavy atom. The molecule has 0 saturated carbocycles. The van der Waals surface area contributed by atoms with Crippen LogP contribution in [0.5, 0.6) is 0 Å². The maximum absolute atomic E-state index is 13.0. The van der Waals surface area contributed by atoms with E-state index in [0.717, 1.165) is 31.3 Å². The van der Waals surface area contributed by atoms with E-state index in [4.69, 9.17) is 0 Å². The highest BCUT2D eigenvalue weighted by Gasteiger charge is 2.04. The second kappa shape index (κ2) is 6.47. The standard InChI is InChI=1S/C14H18F2N2/c15-12-8-11(9-13(16)10-12)5-7-18-14-4-2-1-3-6-17-14/h8-10H,1-7H2,(H,17,18). The average Bonchev–Trinajstić information content (AvgIpc) is 2.56. The van der Waals surface area contributed by atoms with Gasteiger partial charge in [-0.15, -0.1) is 0 Å². The molecule has 0 atom stereocenters. The molecule has 1 aliphatic rings. The van der Waals surface area contributed by atoms with Gasteiger partial charge in [0.2, 0.25) is 0 Å². The summed E-state index contributed by atoms with van der Waals surface area (Å²) in [4.78, 5) is 4.45. The van der Waals surface area contributed by atoms with E-state index in [0.29, 0.717) is 18.5 Å². The number of nitrogens with zero attached hydrogens (tertiary/aromatic N) is 1. The quantitative estimate of drug-likeness (QED) is 0.878. The van der Waals surface area contributed by atoms with Crippen LogP contribution in [0.25, 0.3) is 0 Å². The fourth-order valence-electron chi connectivity index (χ4n) is 2.12. The van der Waals surface area contributed by atoms with Gasteiger partial charge in [0.25, 0.3) is 0 Å². The van der Waals surface area contributed by atoms with Crippen molar-refractivity contribution >= 4 is 5.84 Å². The number of halogens is 2. The molecule has 0 spiro atoms. The average molecular weight is 252 g/mol. The van der Waals surface area contributed by atoms with Crippen LogP contribution in [0.4, 0.5) is 8.78 Å². The molecule has 1 aromatic carbocycles. The third-order valence-corrected chi connectivity index (χ3v) is 3.04. The maximum atomic E-state index is 13.0. The molecule has 0 saturated heterocycles. The summed E-state index contributed by atoms with van der Waals surface area (Å²) in [6.07, 6.45) is 5.13. The highest BCUT2D eigenvalue weighted by Crippen LogP contribution is 2.09. The number of benzene rings is 1. The summed E-state index contributed by atoms with van der Waals surface area (Å²) in [5.41, 5.74) is 0.675. The highest BCUT2D eigenvalue weighted by molar-refractivity contribution is 5.82. The van der Waals surface area contributed by atoms with Crippen molar-refractivity contribution in [3.05, 3.63) is 35.4 Å². The Morgan fingerprint density at radius 1 is 1.06 bits per heavy atom. The third-order valence-electron chi connectivity index (χ3n) is 3.04. The summed E-state index contributed by atoms with van der Waals surface area (Å²) < 4.78 is 26.0. The normalized spacial score (nSPS) is 16.0. The third kappa shape index (κ3) is 4.09. The summed E-state index contributed by atoms with van der Waals surface area (Å²) in [7, 11) is 0. The van der Waals surface area contributed by atoms with Gasteiger partial charge in [-0.25, -0.2) is 8.78 Å². The Kier molecular flexibility index (Phi) is 4.67. The Labute approximate surface area is 106 Å². The minimum Gasteiger partial charge on any atom is -0.374 e. The molecule has 1 N–H and O–H groups in total. The molecule has 0 amide bonds. The van der Waals surface area contributed by atoms with Crippen LogP contribution >= 0.6 is 0 Å². The first kappa shape index (κ1) is 13.0. The topological polar surface area (TPSA) is 24.4 Å². The first-order chi connectivity index (χ1) is 8.74. The second-order valence-corrected chi connectivity index (χ2v) is 4.59. The van der Waals surface area contributed by atoms with Gasteiger partial charge in [0.1, 0.15) is 11.6 Å². The SMILES string of the molecule is Fc1cc(F)cc(CCNC2=NCCCCC2)c1. The van der Waals surface area contributed by atoms with Crippen LogP contribution in [0.2, 0.25) is 0 Å². The molecule has 0 fully saturated rings. The Bertz CT molecular complexity index is 410. The molecule has 1 heterocycles. The van der Waals surface area contributed by atoms with Crippen LogP contribution in [0, 0.1) is 11.6 Å². The van der Waals surface area contributed by atoms with Crippen LogP contribution in [0.1, 0.15) is 31.2 Å². The molecule has 0 aliphatic carbocycles. The Balaban J connectivity index is 1.82. The van der Waals surface area contributed by atoms with E-state index in [1.54, 1.807) is 0 Å². The number of amidine groups is 1. The van der Waals surface area contributed by atoms with Gasteiger partial charge in [0.15, 0.2) is 0 Å². The van der Waals surface area contributed by atoms with Gasteiger partial charge in [0, 0.05) is 25.6 Å². The molecule has 0 radical (unpaired) electrons. The lowest BCUT2D eigenvalue weighted by molar-refractivity contribution is 0.579. The summed E-state index contributed by atoms with van der Waals surface area (Å²) in [5.74, 6) is -0.00186. The summed E-state index contributed by atoms with van der Waals surface area (Å²) in [6, 6.07) is 3.64. The van der Waals surface area contributed by atoms with Crippen LogP contribution in [0.3, 0.4) is 0 Å². The molecule has 2 rings (SSSR count). The number of hydrogen-bond acceptors (Lipinski definition) is 2. The van der Waals surface area contributed by atoms with Crippen molar-refractivity contribution in [2.24, 2.45) is 4.99 Å². The Morgan fingerprint density at radius 2 is 1.83 bits per heavy atom. The molecule has 2 nitrogen and oxygen atoms in total. The predicted molar refractivity (Wildman–Crippen MR) is 68.8 cm³/mol. The zero-order valence-electron chi connectivity index (χ0n) is 10.4. The summed E-state index contributed by atoms with van der Waals surface area (Å²) in [6.45, 7) is 1.55. The van der Waals surface area contributed by atoms with Crippen molar-refractivity contribution in [1.29, 1.82) is 0 Å². The lowest BCUT2D eigenvalue weighted by Gasteiger charge is -2.08. The molecule has 18 heavy (non-hydrogen) atoms. The van der Waals surface area contributed by atoms with Crippen LogP contribution in [-0.4, -0.2) is 18.9 Å². The number of nitrogens with one attached hydrogen (secondary N) is 1. The van der Waals surface area contributed by atoms with Crippen molar-refractivity contribution in [2.75, 3.05) is 13.1 Å². The molecule has 0 aromatic heterocycles. The highest BCUT2D eigenvalue weighted by atomic mass is 19.1. The van der Waals surface area contributed by atoms with Crippen LogP contribution < -0.4 is 5.32 Å². The van der Waals surface area contributed by atoms with E-state index in [-0.39, 0.29) is 0 Å². The largest absolute Gasteiger partial charge is 0.374 e. The van der Waals surface area contributed by atoms with E-state index in [2.05, 4.69) is 10.3 Å². The number of rotatable bonds is 3. The zero-order chi connectivity index (χ0) is 12.8. The van der Waals surface area contributed by atoms with E-state index in [1.807, 2.05) is 0 Å². The van der Waals surface area contributed by atoms with Gasteiger partial charge in [0.05, 0.1) is 5.84 Å². The number of hydrogen-bond donors (Lipinski definition) is 1.